The summed E-state index contributed by atoms with van der Waals surface area (Å²) in [4.78, 5) is 0. The maximum absolute atomic E-state index is 10.6. The second kappa shape index (κ2) is 3.74. The molecule has 0 aromatic rings. The highest BCUT2D eigenvalue weighted by Gasteiger charge is 2.53. The molecule has 1 aliphatic rings. The maximum atomic E-state index is 10.6. The summed E-state index contributed by atoms with van der Waals surface area (Å²) < 4.78 is 6.04. The summed E-state index contributed by atoms with van der Waals surface area (Å²) >= 11 is 0. The van der Waals surface area contributed by atoms with Gasteiger partial charge in [-0.05, 0) is 47.0 Å². The van der Waals surface area contributed by atoms with Crippen LogP contribution in [-0.4, -0.2) is 21.9 Å². The average Bonchev–Trinajstić information content (AvgIpc) is 2.33. The Morgan fingerprint density at radius 1 is 1.20 bits per heavy atom. The van der Waals surface area contributed by atoms with Crippen LogP contribution >= 0.6 is 0 Å². The van der Waals surface area contributed by atoms with Crippen molar-refractivity contribution >= 4 is 0 Å². The Kier molecular flexibility index (Phi) is 3.24. The highest BCUT2D eigenvalue weighted by molar-refractivity contribution is 5.02. The van der Waals surface area contributed by atoms with Crippen LogP contribution in [0.4, 0.5) is 0 Å². The number of hydrogen-bond acceptors (Lipinski definition) is 2. The first kappa shape index (κ1) is 13.0. The SMILES string of the molecule is CCC(O)(CC)C1CC(C)(C)OC1(C)C. The van der Waals surface area contributed by atoms with E-state index in [2.05, 4.69) is 41.5 Å². The highest BCUT2D eigenvalue weighted by Crippen LogP contribution is 2.48. The first-order valence-corrected chi connectivity index (χ1v) is 6.09. The number of aliphatic hydroxyl groups is 1. The van der Waals surface area contributed by atoms with E-state index in [1.54, 1.807) is 0 Å². The average molecular weight is 214 g/mol. The van der Waals surface area contributed by atoms with E-state index < -0.39 is 5.60 Å². The van der Waals surface area contributed by atoms with Crippen molar-refractivity contribution in [3.63, 3.8) is 0 Å². The number of hydrogen-bond donors (Lipinski definition) is 1. The van der Waals surface area contributed by atoms with Crippen LogP contribution in [0.1, 0.15) is 60.8 Å². The van der Waals surface area contributed by atoms with Crippen molar-refractivity contribution in [1.82, 2.24) is 0 Å². The van der Waals surface area contributed by atoms with E-state index in [1.165, 1.54) is 0 Å². The summed E-state index contributed by atoms with van der Waals surface area (Å²) in [6.45, 7) is 12.5. The molecule has 0 aromatic carbocycles. The van der Waals surface area contributed by atoms with E-state index >= 15 is 0 Å². The molecule has 0 saturated carbocycles. The Bertz CT molecular complexity index is 227. The van der Waals surface area contributed by atoms with Crippen molar-refractivity contribution in [2.24, 2.45) is 5.92 Å². The van der Waals surface area contributed by atoms with Gasteiger partial charge in [0.2, 0.25) is 0 Å². The van der Waals surface area contributed by atoms with Gasteiger partial charge in [-0.1, -0.05) is 13.8 Å². The zero-order valence-electron chi connectivity index (χ0n) is 11.1. The molecule has 1 saturated heterocycles. The molecule has 1 heterocycles. The van der Waals surface area contributed by atoms with E-state index in [0.717, 1.165) is 19.3 Å². The van der Waals surface area contributed by atoms with Gasteiger partial charge in [-0.15, -0.1) is 0 Å². The molecule has 1 fully saturated rings. The number of rotatable bonds is 3. The predicted molar refractivity (Wildman–Crippen MR) is 62.9 cm³/mol. The highest BCUT2D eigenvalue weighted by atomic mass is 16.5. The van der Waals surface area contributed by atoms with Crippen molar-refractivity contribution in [1.29, 1.82) is 0 Å². The minimum Gasteiger partial charge on any atom is -0.390 e. The number of ether oxygens (including phenoxy) is 1. The van der Waals surface area contributed by atoms with E-state index in [-0.39, 0.29) is 17.1 Å². The van der Waals surface area contributed by atoms with E-state index in [1.807, 2.05) is 0 Å². The molecule has 0 aliphatic carbocycles. The molecule has 0 spiro atoms. The standard InChI is InChI=1S/C13H26O2/c1-7-13(14,8-2)10-9-11(3,4)15-12(10,5)6/h10,14H,7-9H2,1-6H3. The summed E-state index contributed by atoms with van der Waals surface area (Å²) in [6.07, 6.45) is 2.55. The summed E-state index contributed by atoms with van der Waals surface area (Å²) in [6, 6.07) is 0. The normalized spacial score (nSPS) is 29.4. The van der Waals surface area contributed by atoms with Crippen molar-refractivity contribution in [2.75, 3.05) is 0 Å². The van der Waals surface area contributed by atoms with Gasteiger partial charge in [-0.25, -0.2) is 0 Å². The molecule has 1 aliphatic heterocycles. The summed E-state index contributed by atoms with van der Waals surface area (Å²) in [5.74, 6) is 0.231. The lowest BCUT2D eigenvalue weighted by Gasteiger charge is -2.39. The molecule has 1 unspecified atom stereocenters. The zero-order valence-corrected chi connectivity index (χ0v) is 11.1. The Morgan fingerprint density at radius 2 is 1.67 bits per heavy atom. The van der Waals surface area contributed by atoms with E-state index in [9.17, 15) is 5.11 Å². The third-order valence-corrected chi connectivity index (χ3v) is 3.95. The molecule has 90 valence electrons. The molecular formula is C13H26O2. The van der Waals surface area contributed by atoms with Gasteiger partial charge >= 0.3 is 0 Å². The molecule has 0 bridgehead atoms. The Morgan fingerprint density at radius 3 is 1.93 bits per heavy atom. The molecule has 1 rings (SSSR count). The van der Waals surface area contributed by atoms with Gasteiger partial charge in [0, 0.05) is 5.92 Å². The third kappa shape index (κ3) is 2.36. The van der Waals surface area contributed by atoms with Crippen LogP contribution < -0.4 is 0 Å². The minimum atomic E-state index is -0.572. The largest absolute Gasteiger partial charge is 0.390 e. The molecule has 1 N–H and O–H groups in total. The molecule has 15 heavy (non-hydrogen) atoms. The van der Waals surface area contributed by atoms with Crippen LogP contribution in [0.25, 0.3) is 0 Å². The fourth-order valence-electron chi connectivity index (χ4n) is 3.14. The predicted octanol–water partition coefficient (Wildman–Crippen LogP) is 3.13. The van der Waals surface area contributed by atoms with Gasteiger partial charge in [0.1, 0.15) is 0 Å². The molecule has 1 atom stereocenters. The van der Waals surface area contributed by atoms with Crippen LogP contribution in [0.2, 0.25) is 0 Å². The van der Waals surface area contributed by atoms with Gasteiger partial charge in [0.25, 0.3) is 0 Å². The van der Waals surface area contributed by atoms with Crippen molar-refractivity contribution < 1.29 is 9.84 Å². The van der Waals surface area contributed by atoms with Crippen molar-refractivity contribution in [3.8, 4) is 0 Å². The van der Waals surface area contributed by atoms with Crippen LogP contribution in [0.3, 0.4) is 0 Å². The molecule has 2 heteroatoms. The van der Waals surface area contributed by atoms with E-state index in [4.69, 9.17) is 4.74 Å². The Hall–Kier alpha value is -0.0800. The maximum Gasteiger partial charge on any atom is 0.0699 e. The summed E-state index contributed by atoms with van der Waals surface area (Å²) in [7, 11) is 0. The van der Waals surface area contributed by atoms with Crippen LogP contribution in [0.15, 0.2) is 0 Å². The first-order chi connectivity index (χ1) is 6.67. The van der Waals surface area contributed by atoms with Gasteiger partial charge in [-0.2, -0.15) is 0 Å². The van der Waals surface area contributed by atoms with E-state index in [0.29, 0.717) is 0 Å². The lowest BCUT2D eigenvalue weighted by Crippen LogP contribution is -2.45. The van der Waals surface area contributed by atoms with Crippen molar-refractivity contribution in [2.45, 2.75) is 77.6 Å². The lowest BCUT2D eigenvalue weighted by atomic mass is 9.72. The quantitative estimate of drug-likeness (QED) is 0.782. The van der Waals surface area contributed by atoms with Gasteiger partial charge in [0.05, 0.1) is 16.8 Å². The van der Waals surface area contributed by atoms with Crippen LogP contribution in [0, 0.1) is 5.92 Å². The molecule has 0 radical (unpaired) electrons. The van der Waals surface area contributed by atoms with Crippen molar-refractivity contribution in [3.05, 3.63) is 0 Å². The zero-order chi connectivity index (χ0) is 11.9. The minimum absolute atomic E-state index is 0.105. The van der Waals surface area contributed by atoms with Gasteiger partial charge < -0.3 is 9.84 Å². The molecule has 0 amide bonds. The lowest BCUT2D eigenvalue weighted by molar-refractivity contribution is -0.115. The molecular weight excluding hydrogens is 188 g/mol. The van der Waals surface area contributed by atoms with Crippen LogP contribution in [-0.2, 0) is 4.74 Å². The molecule has 2 nitrogen and oxygen atoms in total. The Labute approximate surface area is 94.0 Å². The summed E-state index contributed by atoms with van der Waals surface area (Å²) in [5.41, 5.74) is -0.895. The Balaban J connectivity index is 2.95. The molecule has 0 aromatic heterocycles. The summed E-state index contributed by atoms with van der Waals surface area (Å²) in [5, 5.41) is 10.6. The second-order valence-electron chi connectivity index (χ2n) is 6.03. The van der Waals surface area contributed by atoms with Gasteiger partial charge in [-0.3, -0.25) is 0 Å². The smallest absolute Gasteiger partial charge is 0.0699 e. The third-order valence-electron chi connectivity index (χ3n) is 3.95. The fraction of sp³-hybridized carbons (Fsp3) is 1.00. The fourth-order valence-corrected chi connectivity index (χ4v) is 3.14. The second-order valence-corrected chi connectivity index (χ2v) is 6.03. The topological polar surface area (TPSA) is 29.5 Å². The monoisotopic (exact) mass is 214 g/mol. The first-order valence-electron chi connectivity index (χ1n) is 6.09. The van der Waals surface area contributed by atoms with Crippen LogP contribution in [0.5, 0.6) is 0 Å². The van der Waals surface area contributed by atoms with Gasteiger partial charge in [0.15, 0.2) is 0 Å².